The van der Waals surface area contributed by atoms with Crippen molar-refractivity contribution >= 4 is 17.4 Å². The minimum absolute atomic E-state index is 0.314. The SMILES string of the molecule is Nc1noc(-c2ccnnc2)c1-c1cccc(Cl)c1. The van der Waals surface area contributed by atoms with Gasteiger partial charge in [0.1, 0.15) is 0 Å². The maximum absolute atomic E-state index is 6.00. The van der Waals surface area contributed by atoms with E-state index in [-0.39, 0.29) is 0 Å². The monoisotopic (exact) mass is 272 g/mol. The third-order valence-corrected chi connectivity index (χ3v) is 2.91. The lowest BCUT2D eigenvalue weighted by Crippen LogP contribution is -1.89. The van der Waals surface area contributed by atoms with Gasteiger partial charge in [0.05, 0.1) is 18.0 Å². The van der Waals surface area contributed by atoms with Crippen molar-refractivity contribution in [2.75, 3.05) is 5.73 Å². The van der Waals surface area contributed by atoms with Gasteiger partial charge in [-0.2, -0.15) is 10.2 Å². The Morgan fingerprint density at radius 1 is 1.11 bits per heavy atom. The van der Waals surface area contributed by atoms with Crippen LogP contribution in [-0.2, 0) is 0 Å². The molecule has 2 heterocycles. The highest BCUT2D eigenvalue weighted by molar-refractivity contribution is 6.30. The first-order valence-electron chi connectivity index (χ1n) is 5.54. The molecule has 0 aliphatic carbocycles. The van der Waals surface area contributed by atoms with Gasteiger partial charge in [-0.1, -0.05) is 28.9 Å². The summed E-state index contributed by atoms with van der Waals surface area (Å²) >= 11 is 6.00. The van der Waals surface area contributed by atoms with E-state index in [9.17, 15) is 0 Å². The predicted octanol–water partition coefficient (Wildman–Crippen LogP) is 3.03. The molecule has 0 fully saturated rings. The molecule has 0 saturated heterocycles. The summed E-state index contributed by atoms with van der Waals surface area (Å²) in [5.74, 6) is 0.865. The fourth-order valence-corrected chi connectivity index (χ4v) is 2.04. The van der Waals surface area contributed by atoms with Crippen molar-refractivity contribution < 1.29 is 4.52 Å². The molecule has 0 amide bonds. The number of hydrogen-bond donors (Lipinski definition) is 1. The van der Waals surface area contributed by atoms with Gasteiger partial charge in [-0.15, -0.1) is 0 Å². The van der Waals surface area contributed by atoms with Gasteiger partial charge in [0, 0.05) is 10.6 Å². The van der Waals surface area contributed by atoms with Crippen LogP contribution in [0.3, 0.4) is 0 Å². The summed E-state index contributed by atoms with van der Waals surface area (Å²) in [4.78, 5) is 0. The lowest BCUT2D eigenvalue weighted by atomic mass is 10.0. The topological polar surface area (TPSA) is 77.8 Å². The summed E-state index contributed by atoms with van der Waals surface area (Å²) in [6.45, 7) is 0. The second-order valence-corrected chi connectivity index (χ2v) is 4.35. The largest absolute Gasteiger partial charge is 0.380 e. The first kappa shape index (κ1) is 11.7. The number of rotatable bonds is 2. The molecule has 0 saturated carbocycles. The first-order chi connectivity index (χ1) is 9.25. The summed E-state index contributed by atoms with van der Waals surface area (Å²) in [5, 5.41) is 12.0. The maximum Gasteiger partial charge on any atom is 0.178 e. The Kier molecular flexibility index (Phi) is 2.89. The van der Waals surface area contributed by atoms with E-state index in [1.54, 1.807) is 24.5 Å². The molecule has 3 rings (SSSR count). The molecule has 3 aromatic rings. The zero-order chi connectivity index (χ0) is 13.2. The van der Waals surface area contributed by atoms with Crippen molar-refractivity contribution in [3.05, 3.63) is 47.7 Å². The average molecular weight is 273 g/mol. The molecule has 0 radical (unpaired) electrons. The maximum atomic E-state index is 6.00. The van der Waals surface area contributed by atoms with E-state index in [1.165, 1.54) is 0 Å². The summed E-state index contributed by atoms with van der Waals surface area (Å²) in [5.41, 5.74) is 8.18. The Hall–Kier alpha value is -2.40. The summed E-state index contributed by atoms with van der Waals surface area (Å²) in [7, 11) is 0. The molecule has 0 aliphatic heterocycles. The predicted molar refractivity (Wildman–Crippen MR) is 72.4 cm³/mol. The van der Waals surface area contributed by atoms with Crippen molar-refractivity contribution in [2.45, 2.75) is 0 Å². The highest BCUT2D eigenvalue weighted by atomic mass is 35.5. The van der Waals surface area contributed by atoms with Crippen LogP contribution < -0.4 is 5.73 Å². The zero-order valence-corrected chi connectivity index (χ0v) is 10.5. The van der Waals surface area contributed by atoms with E-state index >= 15 is 0 Å². The molecule has 0 spiro atoms. The Morgan fingerprint density at radius 3 is 2.74 bits per heavy atom. The van der Waals surface area contributed by atoms with Crippen molar-refractivity contribution in [3.63, 3.8) is 0 Å². The number of nitrogens with two attached hydrogens (primary N) is 1. The molecule has 2 N–H and O–H groups in total. The summed E-state index contributed by atoms with van der Waals surface area (Å²) in [6.07, 6.45) is 3.17. The molecule has 0 atom stereocenters. The molecule has 0 bridgehead atoms. The van der Waals surface area contributed by atoms with Gasteiger partial charge in [0.2, 0.25) is 0 Å². The van der Waals surface area contributed by atoms with Crippen LogP contribution in [0.2, 0.25) is 5.02 Å². The van der Waals surface area contributed by atoms with Crippen molar-refractivity contribution in [1.82, 2.24) is 15.4 Å². The Labute approximate surface area is 114 Å². The fourth-order valence-electron chi connectivity index (χ4n) is 1.85. The third kappa shape index (κ3) is 2.15. The number of nitrogens with zero attached hydrogens (tertiary/aromatic N) is 3. The number of nitrogen functional groups attached to an aromatic ring is 1. The number of benzene rings is 1. The van der Waals surface area contributed by atoms with Crippen LogP contribution in [-0.4, -0.2) is 15.4 Å². The second-order valence-electron chi connectivity index (χ2n) is 3.91. The smallest absolute Gasteiger partial charge is 0.178 e. The molecule has 2 aromatic heterocycles. The minimum atomic E-state index is 0.314. The zero-order valence-electron chi connectivity index (χ0n) is 9.75. The van der Waals surface area contributed by atoms with E-state index in [1.807, 2.05) is 18.2 Å². The molecular formula is C13H9ClN4O. The molecule has 6 heteroatoms. The molecule has 1 aromatic carbocycles. The number of aromatic nitrogens is 3. The third-order valence-electron chi connectivity index (χ3n) is 2.68. The van der Waals surface area contributed by atoms with Crippen molar-refractivity contribution in [1.29, 1.82) is 0 Å². The average Bonchev–Trinajstić information content (AvgIpc) is 2.82. The van der Waals surface area contributed by atoms with Gasteiger partial charge in [-0.05, 0) is 23.8 Å². The highest BCUT2D eigenvalue weighted by Gasteiger charge is 2.17. The molecule has 0 unspecified atom stereocenters. The van der Waals surface area contributed by atoms with E-state index in [4.69, 9.17) is 21.9 Å². The van der Waals surface area contributed by atoms with Crippen molar-refractivity contribution in [2.24, 2.45) is 0 Å². The standard InChI is InChI=1S/C13H9ClN4O/c14-10-3-1-2-8(6-10)11-12(19-18-13(11)15)9-4-5-16-17-7-9/h1-7H,(H2,15,18). The van der Waals surface area contributed by atoms with E-state index in [0.29, 0.717) is 22.2 Å². The van der Waals surface area contributed by atoms with Crippen molar-refractivity contribution in [3.8, 4) is 22.5 Å². The van der Waals surface area contributed by atoms with Gasteiger partial charge >= 0.3 is 0 Å². The number of hydrogen-bond acceptors (Lipinski definition) is 5. The van der Waals surface area contributed by atoms with Gasteiger partial charge < -0.3 is 10.3 Å². The van der Waals surface area contributed by atoms with Gasteiger partial charge in [-0.25, -0.2) is 0 Å². The quantitative estimate of drug-likeness (QED) is 0.776. The molecule has 19 heavy (non-hydrogen) atoms. The number of anilines is 1. The van der Waals surface area contributed by atoms with Crippen LogP contribution >= 0.6 is 11.6 Å². The van der Waals surface area contributed by atoms with Gasteiger partial charge in [0.15, 0.2) is 11.6 Å². The van der Waals surface area contributed by atoms with Crippen LogP contribution in [0.5, 0.6) is 0 Å². The Balaban J connectivity index is 2.20. The lowest BCUT2D eigenvalue weighted by molar-refractivity contribution is 0.436. The highest BCUT2D eigenvalue weighted by Crippen LogP contribution is 2.36. The van der Waals surface area contributed by atoms with E-state index in [2.05, 4.69) is 15.4 Å². The Morgan fingerprint density at radius 2 is 2.00 bits per heavy atom. The summed E-state index contributed by atoms with van der Waals surface area (Å²) in [6, 6.07) is 9.12. The lowest BCUT2D eigenvalue weighted by Gasteiger charge is -2.02. The second kappa shape index (κ2) is 4.70. The minimum Gasteiger partial charge on any atom is -0.380 e. The Bertz CT molecular complexity index is 712. The first-order valence-corrected chi connectivity index (χ1v) is 5.91. The van der Waals surface area contributed by atoms with E-state index in [0.717, 1.165) is 11.1 Å². The normalized spacial score (nSPS) is 10.6. The molecular weight excluding hydrogens is 264 g/mol. The summed E-state index contributed by atoms with van der Waals surface area (Å²) < 4.78 is 5.29. The van der Waals surface area contributed by atoms with Crippen LogP contribution in [0.15, 0.2) is 47.2 Å². The van der Waals surface area contributed by atoms with Crippen LogP contribution in [0.1, 0.15) is 0 Å². The van der Waals surface area contributed by atoms with E-state index < -0.39 is 0 Å². The number of halogens is 1. The van der Waals surface area contributed by atoms with Crippen LogP contribution in [0.4, 0.5) is 5.82 Å². The fraction of sp³-hybridized carbons (Fsp3) is 0. The van der Waals surface area contributed by atoms with Crippen LogP contribution in [0.25, 0.3) is 22.5 Å². The molecule has 0 aliphatic rings. The van der Waals surface area contributed by atoms with Crippen LogP contribution in [0, 0.1) is 0 Å². The van der Waals surface area contributed by atoms with Gasteiger partial charge in [-0.3, -0.25) is 0 Å². The molecule has 94 valence electrons. The molecule has 5 nitrogen and oxygen atoms in total. The van der Waals surface area contributed by atoms with Gasteiger partial charge in [0.25, 0.3) is 0 Å².